The Hall–Kier alpha value is -1.66. The second-order valence-corrected chi connectivity index (χ2v) is 9.44. The SMILES string of the molecule is CC(C)(CN(C(=O)O)C1(c2cc(Cl)cc(Cl)c2)CC1)NC(=O)OC(C)(C)C. The Balaban J connectivity index is 2.22. The van der Waals surface area contributed by atoms with Crippen LogP contribution in [0, 0.1) is 0 Å². The first kappa shape index (κ1) is 21.6. The first-order valence-corrected chi connectivity index (χ1v) is 9.48. The van der Waals surface area contributed by atoms with Gasteiger partial charge in [-0.1, -0.05) is 23.2 Å². The Bertz CT molecular complexity index is 719. The molecule has 1 aromatic carbocycles. The van der Waals surface area contributed by atoms with Crippen molar-refractivity contribution in [2.75, 3.05) is 6.54 Å². The number of carbonyl (C=O) groups is 2. The van der Waals surface area contributed by atoms with Gasteiger partial charge in [0.2, 0.25) is 0 Å². The maximum absolute atomic E-state index is 12.1. The van der Waals surface area contributed by atoms with Gasteiger partial charge in [-0.25, -0.2) is 9.59 Å². The van der Waals surface area contributed by atoms with Crippen molar-refractivity contribution in [2.45, 2.75) is 64.1 Å². The summed E-state index contributed by atoms with van der Waals surface area (Å²) in [6, 6.07) is 5.09. The summed E-state index contributed by atoms with van der Waals surface area (Å²) in [7, 11) is 0. The molecule has 0 bridgehead atoms. The fraction of sp³-hybridized carbons (Fsp3) is 0.579. The van der Waals surface area contributed by atoms with Gasteiger partial charge < -0.3 is 15.2 Å². The summed E-state index contributed by atoms with van der Waals surface area (Å²) in [6.45, 7) is 8.91. The molecule has 0 saturated heterocycles. The maximum Gasteiger partial charge on any atom is 0.408 e. The molecule has 6 nitrogen and oxygen atoms in total. The van der Waals surface area contributed by atoms with Gasteiger partial charge in [-0.2, -0.15) is 0 Å². The van der Waals surface area contributed by atoms with Crippen molar-refractivity contribution >= 4 is 35.4 Å². The van der Waals surface area contributed by atoms with E-state index in [1.807, 2.05) is 0 Å². The van der Waals surface area contributed by atoms with E-state index in [0.717, 1.165) is 5.56 Å². The van der Waals surface area contributed by atoms with Gasteiger partial charge in [0.1, 0.15) is 5.60 Å². The van der Waals surface area contributed by atoms with Crippen molar-refractivity contribution in [2.24, 2.45) is 0 Å². The Labute approximate surface area is 169 Å². The van der Waals surface area contributed by atoms with Gasteiger partial charge in [0.05, 0.1) is 11.1 Å². The summed E-state index contributed by atoms with van der Waals surface area (Å²) >= 11 is 12.2. The molecule has 0 unspecified atom stereocenters. The van der Waals surface area contributed by atoms with Crippen molar-refractivity contribution in [3.05, 3.63) is 33.8 Å². The van der Waals surface area contributed by atoms with Crippen molar-refractivity contribution in [3.8, 4) is 0 Å². The van der Waals surface area contributed by atoms with Crippen LogP contribution in [-0.4, -0.2) is 39.9 Å². The van der Waals surface area contributed by atoms with Crippen molar-refractivity contribution in [1.82, 2.24) is 10.2 Å². The molecule has 1 aromatic rings. The zero-order chi connectivity index (χ0) is 20.6. The van der Waals surface area contributed by atoms with Gasteiger partial charge in [-0.15, -0.1) is 0 Å². The predicted octanol–water partition coefficient (Wildman–Crippen LogP) is 5.27. The van der Waals surface area contributed by atoms with Crippen LogP contribution in [0.15, 0.2) is 18.2 Å². The molecule has 2 rings (SSSR count). The minimum atomic E-state index is -1.07. The van der Waals surface area contributed by atoms with Crippen LogP contribution in [0.4, 0.5) is 9.59 Å². The number of nitrogens with zero attached hydrogens (tertiary/aromatic N) is 1. The number of carbonyl (C=O) groups excluding carboxylic acids is 1. The maximum atomic E-state index is 12.1. The molecule has 1 saturated carbocycles. The highest BCUT2D eigenvalue weighted by molar-refractivity contribution is 6.34. The van der Waals surface area contributed by atoms with Crippen LogP contribution in [0.1, 0.15) is 53.0 Å². The zero-order valence-corrected chi connectivity index (χ0v) is 17.7. The van der Waals surface area contributed by atoms with E-state index in [0.29, 0.717) is 22.9 Å². The number of hydrogen-bond donors (Lipinski definition) is 2. The van der Waals surface area contributed by atoms with Crippen LogP contribution in [-0.2, 0) is 10.3 Å². The van der Waals surface area contributed by atoms with Crippen LogP contribution in [0.25, 0.3) is 0 Å². The smallest absolute Gasteiger partial charge is 0.408 e. The van der Waals surface area contributed by atoms with Crippen LogP contribution >= 0.6 is 23.2 Å². The van der Waals surface area contributed by atoms with Crippen LogP contribution < -0.4 is 5.32 Å². The minimum Gasteiger partial charge on any atom is -0.465 e. The summed E-state index contributed by atoms with van der Waals surface area (Å²) in [5, 5.41) is 13.5. The van der Waals surface area contributed by atoms with E-state index in [4.69, 9.17) is 27.9 Å². The molecule has 0 aliphatic heterocycles. The number of alkyl carbamates (subject to hydrolysis) is 1. The number of amides is 2. The summed E-state index contributed by atoms with van der Waals surface area (Å²) < 4.78 is 5.28. The Kier molecular flexibility index (Phi) is 5.93. The summed E-state index contributed by atoms with van der Waals surface area (Å²) in [4.78, 5) is 25.5. The lowest BCUT2D eigenvalue weighted by atomic mass is 9.99. The Morgan fingerprint density at radius 1 is 1.15 bits per heavy atom. The second kappa shape index (κ2) is 7.40. The molecule has 8 heteroatoms. The summed E-state index contributed by atoms with van der Waals surface area (Å²) in [6.07, 6.45) is -0.326. The number of halogens is 2. The number of hydrogen-bond acceptors (Lipinski definition) is 3. The van der Waals surface area contributed by atoms with Gasteiger partial charge in [0.25, 0.3) is 0 Å². The van der Waals surface area contributed by atoms with Crippen molar-refractivity contribution in [3.63, 3.8) is 0 Å². The fourth-order valence-electron chi connectivity index (χ4n) is 3.07. The minimum absolute atomic E-state index is 0.0890. The molecule has 1 fully saturated rings. The van der Waals surface area contributed by atoms with Crippen LogP contribution in [0.2, 0.25) is 10.0 Å². The molecule has 2 amide bonds. The third-order valence-corrected chi connectivity index (χ3v) is 4.70. The molecule has 0 radical (unpaired) electrons. The highest BCUT2D eigenvalue weighted by Gasteiger charge is 2.53. The Morgan fingerprint density at radius 2 is 1.67 bits per heavy atom. The molecule has 0 spiro atoms. The van der Waals surface area contributed by atoms with Crippen LogP contribution in [0.5, 0.6) is 0 Å². The number of carboxylic acid groups (broad SMARTS) is 1. The largest absolute Gasteiger partial charge is 0.465 e. The average Bonchev–Trinajstić information content (AvgIpc) is 3.22. The summed E-state index contributed by atoms with van der Waals surface area (Å²) in [5.74, 6) is 0. The van der Waals surface area contributed by atoms with Crippen molar-refractivity contribution in [1.29, 1.82) is 0 Å². The van der Waals surface area contributed by atoms with Gasteiger partial charge >= 0.3 is 12.2 Å². The molecule has 1 aliphatic carbocycles. The van der Waals surface area contributed by atoms with E-state index in [9.17, 15) is 14.7 Å². The lowest BCUT2D eigenvalue weighted by Crippen LogP contribution is -2.55. The molecular weight excluding hydrogens is 391 g/mol. The van der Waals surface area contributed by atoms with Gasteiger partial charge in [-0.3, -0.25) is 4.90 Å². The highest BCUT2D eigenvalue weighted by Crippen LogP contribution is 2.52. The van der Waals surface area contributed by atoms with E-state index in [-0.39, 0.29) is 6.54 Å². The monoisotopic (exact) mass is 416 g/mol. The zero-order valence-electron chi connectivity index (χ0n) is 16.2. The van der Waals surface area contributed by atoms with E-state index < -0.39 is 28.9 Å². The molecule has 0 atom stereocenters. The normalized spacial score (nSPS) is 15.8. The quantitative estimate of drug-likeness (QED) is 0.685. The molecular formula is C19H26Cl2N2O4. The standard InChI is InChI=1S/C19H26Cl2N2O4/c1-17(2,3)27-15(24)22-18(4,5)11-23(16(25)26)19(6-7-19)12-8-13(20)10-14(21)9-12/h8-10H,6-7,11H2,1-5H3,(H,22,24)(H,25,26). The number of benzene rings is 1. The number of rotatable bonds is 5. The van der Waals surface area contributed by atoms with Gasteiger partial charge in [-0.05, 0) is 71.2 Å². The topological polar surface area (TPSA) is 78.9 Å². The molecule has 27 heavy (non-hydrogen) atoms. The van der Waals surface area contributed by atoms with E-state index in [1.165, 1.54) is 4.90 Å². The highest BCUT2D eigenvalue weighted by atomic mass is 35.5. The van der Waals surface area contributed by atoms with Gasteiger partial charge in [0.15, 0.2) is 0 Å². The first-order chi connectivity index (χ1) is 12.2. The fourth-order valence-corrected chi connectivity index (χ4v) is 3.60. The van der Waals surface area contributed by atoms with Crippen molar-refractivity contribution < 1.29 is 19.4 Å². The molecule has 1 aliphatic rings. The Morgan fingerprint density at radius 3 is 2.07 bits per heavy atom. The lowest BCUT2D eigenvalue weighted by Gasteiger charge is -2.37. The third kappa shape index (κ3) is 5.66. The molecule has 0 aromatic heterocycles. The van der Waals surface area contributed by atoms with Crippen LogP contribution in [0.3, 0.4) is 0 Å². The van der Waals surface area contributed by atoms with Gasteiger partial charge in [0, 0.05) is 16.6 Å². The number of nitrogens with one attached hydrogen (secondary N) is 1. The van der Waals surface area contributed by atoms with E-state index >= 15 is 0 Å². The molecule has 150 valence electrons. The second-order valence-electron chi connectivity index (χ2n) is 8.57. The lowest BCUT2D eigenvalue weighted by molar-refractivity contribution is 0.0420. The van der Waals surface area contributed by atoms with E-state index in [2.05, 4.69) is 5.32 Å². The molecule has 2 N–H and O–H groups in total. The predicted molar refractivity (Wildman–Crippen MR) is 106 cm³/mol. The molecule has 0 heterocycles. The first-order valence-electron chi connectivity index (χ1n) is 8.72. The number of ether oxygens (including phenoxy) is 1. The summed E-state index contributed by atoms with van der Waals surface area (Å²) in [5.41, 5.74) is -1.40. The van der Waals surface area contributed by atoms with E-state index in [1.54, 1.807) is 52.8 Å². The average molecular weight is 417 g/mol. The third-order valence-electron chi connectivity index (χ3n) is 4.26.